The average molecular weight is 623 g/mol. The predicted octanol–water partition coefficient (Wildman–Crippen LogP) is 4.89. The van der Waals surface area contributed by atoms with Gasteiger partial charge in [0.25, 0.3) is 5.91 Å². The number of hydrogen-bond acceptors (Lipinski definition) is 8. The second-order valence-electron chi connectivity index (χ2n) is 10.7. The molecule has 6 rings (SSSR count). The number of ether oxygens (including phenoxy) is 2. The highest BCUT2D eigenvalue weighted by Gasteiger charge is 2.57. The molecule has 3 aromatic heterocycles. The first-order valence-electron chi connectivity index (χ1n) is 13.7. The van der Waals surface area contributed by atoms with Gasteiger partial charge >= 0.3 is 6.18 Å². The topological polar surface area (TPSA) is 124 Å². The van der Waals surface area contributed by atoms with Crippen molar-refractivity contribution in [1.29, 1.82) is 0 Å². The number of aliphatic hydroxyl groups is 1. The van der Waals surface area contributed by atoms with E-state index in [-0.39, 0.29) is 28.3 Å². The Balaban J connectivity index is 1.43. The lowest BCUT2D eigenvalue weighted by Crippen LogP contribution is -2.51. The molecule has 0 bridgehead atoms. The number of benzene rings is 2. The minimum absolute atomic E-state index is 0.0208. The fourth-order valence-electron chi connectivity index (χ4n) is 5.41. The van der Waals surface area contributed by atoms with Crippen molar-refractivity contribution in [1.82, 2.24) is 30.0 Å². The van der Waals surface area contributed by atoms with E-state index in [9.17, 15) is 27.5 Å². The molecule has 10 nitrogen and oxygen atoms in total. The number of methoxy groups -OCH3 is 1. The van der Waals surface area contributed by atoms with Gasteiger partial charge in [-0.15, -0.1) is 5.10 Å². The number of carbonyl (C=O) groups is 1. The first-order valence-corrected chi connectivity index (χ1v) is 13.7. The van der Waals surface area contributed by atoms with Gasteiger partial charge in [0, 0.05) is 34.5 Å². The van der Waals surface area contributed by atoms with Gasteiger partial charge in [-0.1, -0.05) is 0 Å². The highest BCUT2D eigenvalue weighted by atomic mass is 19.4. The molecule has 3 atom stereocenters. The summed E-state index contributed by atoms with van der Waals surface area (Å²) in [5.74, 6) is -1.08. The molecular formula is C31H26F4N6O4. The average Bonchev–Trinajstić information content (AvgIpc) is 3.65. The van der Waals surface area contributed by atoms with Crippen molar-refractivity contribution in [2.45, 2.75) is 37.8 Å². The van der Waals surface area contributed by atoms with Gasteiger partial charge < -0.3 is 24.5 Å². The lowest BCUT2D eigenvalue weighted by Gasteiger charge is -2.31. The summed E-state index contributed by atoms with van der Waals surface area (Å²) >= 11 is 0. The van der Waals surface area contributed by atoms with Crippen LogP contribution in [0, 0.1) is 12.7 Å². The molecule has 14 heteroatoms. The van der Waals surface area contributed by atoms with Crippen LogP contribution in [-0.4, -0.2) is 61.7 Å². The number of halogens is 4. The maximum absolute atomic E-state index is 14.8. The first-order chi connectivity index (χ1) is 21.4. The summed E-state index contributed by atoms with van der Waals surface area (Å²) in [6.45, 7) is 2.16. The Morgan fingerprint density at radius 3 is 2.56 bits per heavy atom. The van der Waals surface area contributed by atoms with Crippen LogP contribution >= 0.6 is 0 Å². The van der Waals surface area contributed by atoms with E-state index >= 15 is 0 Å². The second kappa shape index (κ2) is 11.1. The minimum Gasteiger partial charge on any atom is -0.494 e. The highest BCUT2D eigenvalue weighted by Crippen LogP contribution is 2.48. The zero-order valence-electron chi connectivity index (χ0n) is 24.1. The molecule has 232 valence electrons. The molecule has 0 spiro atoms. The van der Waals surface area contributed by atoms with Gasteiger partial charge in [0.15, 0.2) is 5.75 Å². The van der Waals surface area contributed by atoms with E-state index in [2.05, 4.69) is 25.5 Å². The van der Waals surface area contributed by atoms with Crippen molar-refractivity contribution < 1.29 is 36.9 Å². The van der Waals surface area contributed by atoms with Crippen LogP contribution in [0.25, 0.3) is 22.2 Å². The molecule has 2 aromatic carbocycles. The normalized spacial score (nSPS) is 17.4. The zero-order chi connectivity index (χ0) is 32.1. The standard InChI is InChI=1S/C31H26F4N6O4/c1-16-10-19-11-20(12-23(44-3)25(19)40-39-16)29(42)37-14-30(43,31(33,34)35)24-13-22-27(41-9-8-36-15-41)17(2)45-28(22)26(38-24)18-4-6-21(32)7-5-18/h4-13,15,17,27,43H,14H2,1-3H3,(H,37,42)/t17-,27-,30?/m0/s1. The number of aromatic nitrogens is 5. The van der Waals surface area contributed by atoms with E-state index in [4.69, 9.17) is 9.47 Å². The lowest BCUT2D eigenvalue weighted by molar-refractivity contribution is -0.265. The molecule has 45 heavy (non-hydrogen) atoms. The number of pyridine rings is 1. The predicted molar refractivity (Wildman–Crippen MR) is 153 cm³/mol. The van der Waals surface area contributed by atoms with Gasteiger partial charge in [0.2, 0.25) is 5.60 Å². The fraction of sp³-hybridized carbons (Fsp3) is 0.258. The molecule has 1 aliphatic rings. The molecule has 1 amide bonds. The molecule has 1 aliphatic heterocycles. The van der Waals surface area contributed by atoms with Gasteiger partial charge in [0.1, 0.15) is 28.9 Å². The van der Waals surface area contributed by atoms with Crippen LogP contribution in [0.5, 0.6) is 11.5 Å². The smallest absolute Gasteiger partial charge is 0.424 e. The van der Waals surface area contributed by atoms with Gasteiger partial charge in [-0.25, -0.2) is 14.4 Å². The summed E-state index contributed by atoms with van der Waals surface area (Å²) in [4.78, 5) is 21.5. The molecule has 0 fully saturated rings. The molecular weight excluding hydrogens is 596 g/mol. The molecule has 1 unspecified atom stereocenters. The summed E-state index contributed by atoms with van der Waals surface area (Å²) in [7, 11) is 1.36. The highest BCUT2D eigenvalue weighted by molar-refractivity contribution is 5.99. The number of carbonyl (C=O) groups excluding carboxylic acids is 1. The van der Waals surface area contributed by atoms with Crippen LogP contribution < -0.4 is 14.8 Å². The quantitative estimate of drug-likeness (QED) is 0.246. The molecule has 0 radical (unpaired) electrons. The molecule has 4 heterocycles. The number of imidazole rings is 1. The summed E-state index contributed by atoms with van der Waals surface area (Å²) < 4.78 is 71.3. The van der Waals surface area contributed by atoms with Crippen molar-refractivity contribution in [3.63, 3.8) is 0 Å². The van der Waals surface area contributed by atoms with Crippen molar-refractivity contribution in [2.24, 2.45) is 0 Å². The van der Waals surface area contributed by atoms with E-state index < -0.39 is 47.9 Å². The Hall–Kier alpha value is -5.11. The SMILES string of the molecule is COc1cc(C(=O)NCC(O)(c2cc3c(c(-c4ccc(F)cc4)n2)O[C@@H](C)[C@@H]3n2ccnc2)C(F)(F)F)cc2cc(C)nnc12. The van der Waals surface area contributed by atoms with Gasteiger partial charge in [0.05, 0.1) is 37.4 Å². The maximum Gasteiger partial charge on any atom is 0.424 e. The van der Waals surface area contributed by atoms with Crippen molar-refractivity contribution in [3.8, 4) is 22.8 Å². The Kier molecular flexibility index (Phi) is 7.39. The number of alkyl halides is 3. The van der Waals surface area contributed by atoms with Crippen molar-refractivity contribution in [3.05, 3.63) is 95.6 Å². The van der Waals surface area contributed by atoms with Crippen LogP contribution in [0.4, 0.5) is 17.6 Å². The van der Waals surface area contributed by atoms with Crippen LogP contribution in [0.15, 0.2) is 67.3 Å². The molecule has 0 aliphatic carbocycles. The van der Waals surface area contributed by atoms with Gasteiger partial charge in [-0.05, 0) is 62.4 Å². The maximum atomic E-state index is 14.8. The van der Waals surface area contributed by atoms with Crippen molar-refractivity contribution >= 4 is 16.8 Å². The van der Waals surface area contributed by atoms with E-state index in [1.165, 1.54) is 43.9 Å². The Morgan fingerprint density at radius 1 is 1.13 bits per heavy atom. The van der Waals surface area contributed by atoms with E-state index in [0.717, 1.165) is 18.2 Å². The van der Waals surface area contributed by atoms with Crippen LogP contribution in [0.2, 0.25) is 0 Å². The van der Waals surface area contributed by atoms with Crippen LogP contribution in [0.1, 0.15) is 40.3 Å². The lowest BCUT2D eigenvalue weighted by atomic mass is 9.92. The summed E-state index contributed by atoms with van der Waals surface area (Å²) in [6.07, 6.45) is -1.19. The number of nitrogens with zero attached hydrogens (tertiary/aromatic N) is 5. The summed E-state index contributed by atoms with van der Waals surface area (Å²) in [5, 5.41) is 22.1. The molecule has 0 saturated carbocycles. The van der Waals surface area contributed by atoms with E-state index in [0.29, 0.717) is 22.2 Å². The second-order valence-corrected chi connectivity index (χ2v) is 10.7. The van der Waals surface area contributed by atoms with Crippen LogP contribution in [-0.2, 0) is 5.60 Å². The van der Waals surface area contributed by atoms with Crippen molar-refractivity contribution in [2.75, 3.05) is 13.7 Å². The number of hydrogen-bond donors (Lipinski definition) is 2. The Morgan fingerprint density at radius 2 is 1.89 bits per heavy atom. The van der Waals surface area contributed by atoms with E-state index in [1.54, 1.807) is 30.7 Å². The minimum atomic E-state index is -5.29. The Bertz CT molecular complexity index is 1900. The number of nitrogens with one attached hydrogen (secondary N) is 1. The third-order valence-electron chi connectivity index (χ3n) is 7.69. The Labute approximate surface area is 253 Å². The number of rotatable bonds is 7. The number of fused-ring (bicyclic) bond motifs is 2. The largest absolute Gasteiger partial charge is 0.494 e. The third-order valence-corrected chi connectivity index (χ3v) is 7.69. The van der Waals surface area contributed by atoms with Crippen LogP contribution in [0.3, 0.4) is 0 Å². The van der Waals surface area contributed by atoms with E-state index in [1.807, 2.05) is 0 Å². The summed E-state index contributed by atoms with van der Waals surface area (Å²) in [5.41, 5.74) is -2.97. The molecule has 5 aromatic rings. The first kappa shape index (κ1) is 29.9. The summed E-state index contributed by atoms with van der Waals surface area (Å²) in [6, 6.07) is 9.91. The number of amides is 1. The third kappa shape index (κ3) is 5.30. The van der Waals surface area contributed by atoms with Gasteiger partial charge in [-0.2, -0.15) is 18.3 Å². The zero-order valence-corrected chi connectivity index (χ0v) is 24.1. The number of aryl methyl sites for hydroxylation is 1. The molecule has 0 saturated heterocycles. The molecule has 2 N–H and O–H groups in total. The monoisotopic (exact) mass is 622 g/mol. The fourth-order valence-corrected chi connectivity index (χ4v) is 5.41. The van der Waals surface area contributed by atoms with Gasteiger partial charge in [-0.3, -0.25) is 4.79 Å².